The van der Waals surface area contributed by atoms with E-state index in [0.717, 1.165) is 0 Å². The molecular weight excluding hydrogens is 218 g/mol. The number of nitrogens with zero attached hydrogens (tertiary/aromatic N) is 2. The molecule has 0 radical (unpaired) electrons. The van der Waals surface area contributed by atoms with Gasteiger partial charge < -0.3 is 9.73 Å². The molecule has 0 spiro atoms. The topological polar surface area (TPSA) is 68.0 Å². The van der Waals surface area contributed by atoms with E-state index < -0.39 is 5.91 Å². The van der Waals surface area contributed by atoms with Crippen LogP contribution < -0.4 is 5.32 Å². The summed E-state index contributed by atoms with van der Waals surface area (Å²) in [6.07, 6.45) is 4.19. The Balaban J connectivity index is 2.13. The fourth-order valence-electron chi connectivity index (χ4n) is 0.988. The molecule has 0 saturated carbocycles. The SMILES string of the molecule is O=C(Nc1cncc(Cl)n1)c1ccco1. The van der Waals surface area contributed by atoms with Gasteiger partial charge in [-0.1, -0.05) is 11.6 Å². The fourth-order valence-corrected chi connectivity index (χ4v) is 1.14. The van der Waals surface area contributed by atoms with Crippen molar-refractivity contribution in [1.82, 2.24) is 9.97 Å². The van der Waals surface area contributed by atoms with Gasteiger partial charge in [0.2, 0.25) is 0 Å². The molecule has 2 heterocycles. The van der Waals surface area contributed by atoms with Crippen LogP contribution in [0.3, 0.4) is 0 Å². The molecule has 0 saturated heterocycles. The Kier molecular flexibility index (Phi) is 2.64. The lowest BCUT2D eigenvalue weighted by atomic mass is 10.4. The van der Waals surface area contributed by atoms with E-state index >= 15 is 0 Å². The Morgan fingerprint density at radius 1 is 1.47 bits per heavy atom. The first kappa shape index (κ1) is 9.67. The van der Waals surface area contributed by atoms with Crippen LogP contribution in [0.25, 0.3) is 0 Å². The van der Waals surface area contributed by atoms with Crippen LogP contribution in [-0.4, -0.2) is 15.9 Å². The van der Waals surface area contributed by atoms with E-state index in [4.69, 9.17) is 16.0 Å². The second-order valence-corrected chi connectivity index (χ2v) is 3.05. The predicted octanol–water partition coefficient (Wildman–Crippen LogP) is 1.98. The predicted molar refractivity (Wildman–Crippen MR) is 53.7 cm³/mol. The summed E-state index contributed by atoms with van der Waals surface area (Å²) >= 11 is 5.60. The summed E-state index contributed by atoms with van der Waals surface area (Å²) in [5.41, 5.74) is 0. The fraction of sp³-hybridized carbons (Fsp3) is 0. The number of rotatable bonds is 2. The Bertz CT molecular complexity index is 470. The first-order chi connectivity index (χ1) is 7.25. The lowest BCUT2D eigenvalue weighted by Crippen LogP contribution is -2.12. The number of aromatic nitrogens is 2. The highest BCUT2D eigenvalue weighted by Gasteiger charge is 2.09. The van der Waals surface area contributed by atoms with Gasteiger partial charge in [-0.2, -0.15) is 0 Å². The van der Waals surface area contributed by atoms with Crippen LogP contribution in [0.15, 0.2) is 35.2 Å². The quantitative estimate of drug-likeness (QED) is 0.845. The lowest BCUT2D eigenvalue weighted by Gasteiger charge is -2.00. The number of carbonyl (C=O) groups excluding carboxylic acids is 1. The molecule has 0 aliphatic heterocycles. The van der Waals surface area contributed by atoms with Gasteiger partial charge in [0.05, 0.1) is 18.7 Å². The standard InChI is InChI=1S/C9H6ClN3O2/c10-7-4-11-5-8(12-7)13-9(14)6-2-1-3-15-6/h1-5H,(H,12,13,14). The van der Waals surface area contributed by atoms with Crippen molar-refractivity contribution in [2.45, 2.75) is 0 Å². The lowest BCUT2D eigenvalue weighted by molar-refractivity contribution is 0.0996. The first-order valence-corrected chi connectivity index (χ1v) is 4.46. The van der Waals surface area contributed by atoms with Crippen molar-refractivity contribution in [3.05, 3.63) is 41.7 Å². The Labute approximate surface area is 90.1 Å². The van der Waals surface area contributed by atoms with Gasteiger partial charge in [0.1, 0.15) is 5.15 Å². The third kappa shape index (κ3) is 2.32. The van der Waals surface area contributed by atoms with E-state index in [1.165, 1.54) is 18.7 Å². The van der Waals surface area contributed by atoms with Crippen LogP contribution in [0.5, 0.6) is 0 Å². The maximum atomic E-state index is 11.5. The number of amides is 1. The highest BCUT2D eigenvalue weighted by molar-refractivity contribution is 6.29. The molecule has 0 aliphatic rings. The van der Waals surface area contributed by atoms with Gasteiger partial charge >= 0.3 is 0 Å². The number of hydrogen-bond acceptors (Lipinski definition) is 4. The first-order valence-electron chi connectivity index (χ1n) is 4.08. The number of nitrogens with one attached hydrogen (secondary N) is 1. The summed E-state index contributed by atoms with van der Waals surface area (Å²) in [6, 6.07) is 3.17. The largest absolute Gasteiger partial charge is 0.459 e. The average Bonchev–Trinajstić information content (AvgIpc) is 2.70. The van der Waals surface area contributed by atoms with Crippen molar-refractivity contribution < 1.29 is 9.21 Å². The maximum absolute atomic E-state index is 11.5. The zero-order valence-electron chi connectivity index (χ0n) is 7.48. The third-order valence-corrected chi connectivity index (χ3v) is 1.77. The third-order valence-electron chi connectivity index (χ3n) is 1.59. The number of anilines is 1. The van der Waals surface area contributed by atoms with Gasteiger partial charge in [0, 0.05) is 0 Å². The Hall–Kier alpha value is -1.88. The molecule has 0 bridgehead atoms. The minimum Gasteiger partial charge on any atom is -0.459 e. The number of hydrogen-bond donors (Lipinski definition) is 1. The zero-order valence-corrected chi connectivity index (χ0v) is 8.23. The maximum Gasteiger partial charge on any atom is 0.292 e. The molecule has 2 rings (SSSR count). The number of carbonyl (C=O) groups is 1. The van der Waals surface area contributed by atoms with Crippen molar-refractivity contribution in [3.63, 3.8) is 0 Å². The van der Waals surface area contributed by atoms with Crippen molar-refractivity contribution >= 4 is 23.3 Å². The van der Waals surface area contributed by atoms with Crippen LogP contribution in [-0.2, 0) is 0 Å². The smallest absolute Gasteiger partial charge is 0.292 e. The van der Waals surface area contributed by atoms with Crippen LogP contribution >= 0.6 is 11.6 Å². The molecular formula is C9H6ClN3O2. The van der Waals surface area contributed by atoms with Gasteiger partial charge in [0.25, 0.3) is 5.91 Å². The van der Waals surface area contributed by atoms with Gasteiger partial charge in [-0.15, -0.1) is 0 Å². The molecule has 1 N–H and O–H groups in total. The van der Waals surface area contributed by atoms with Crippen LogP contribution in [0.1, 0.15) is 10.6 Å². The number of furan rings is 1. The van der Waals surface area contributed by atoms with Gasteiger partial charge in [0.15, 0.2) is 11.6 Å². The zero-order chi connectivity index (χ0) is 10.7. The molecule has 2 aromatic heterocycles. The van der Waals surface area contributed by atoms with E-state index in [0.29, 0.717) is 0 Å². The van der Waals surface area contributed by atoms with Gasteiger partial charge in [-0.3, -0.25) is 9.78 Å². The van der Waals surface area contributed by atoms with Crippen LogP contribution in [0.2, 0.25) is 5.15 Å². The van der Waals surface area contributed by atoms with E-state index in [1.807, 2.05) is 0 Å². The molecule has 76 valence electrons. The van der Waals surface area contributed by atoms with E-state index in [1.54, 1.807) is 12.1 Å². The summed E-state index contributed by atoms with van der Waals surface area (Å²) < 4.78 is 4.90. The van der Waals surface area contributed by atoms with Crippen LogP contribution in [0, 0.1) is 0 Å². The summed E-state index contributed by atoms with van der Waals surface area (Å²) in [4.78, 5) is 19.1. The van der Waals surface area contributed by atoms with Gasteiger partial charge in [-0.05, 0) is 12.1 Å². The highest BCUT2D eigenvalue weighted by atomic mass is 35.5. The number of halogens is 1. The molecule has 0 aromatic carbocycles. The molecule has 5 nitrogen and oxygen atoms in total. The second-order valence-electron chi connectivity index (χ2n) is 2.66. The molecule has 15 heavy (non-hydrogen) atoms. The molecule has 1 amide bonds. The summed E-state index contributed by atoms with van der Waals surface area (Å²) in [6.45, 7) is 0. The van der Waals surface area contributed by atoms with E-state index in [2.05, 4.69) is 15.3 Å². The molecule has 0 unspecified atom stereocenters. The normalized spacial score (nSPS) is 9.93. The van der Waals surface area contributed by atoms with Crippen molar-refractivity contribution in [3.8, 4) is 0 Å². The van der Waals surface area contributed by atoms with Crippen molar-refractivity contribution in [2.24, 2.45) is 0 Å². The highest BCUT2D eigenvalue weighted by Crippen LogP contribution is 2.09. The summed E-state index contributed by atoms with van der Waals surface area (Å²) in [7, 11) is 0. The monoisotopic (exact) mass is 223 g/mol. The molecule has 2 aromatic rings. The van der Waals surface area contributed by atoms with Crippen LogP contribution in [0.4, 0.5) is 5.82 Å². The van der Waals surface area contributed by atoms with Crippen molar-refractivity contribution in [1.29, 1.82) is 0 Å². The second kappa shape index (κ2) is 4.10. The molecule has 0 aliphatic carbocycles. The summed E-state index contributed by atoms with van der Waals surface area (Å²) in [5.74, 6) is 0.0947. The van der Waals surface area contributed by atoms with Crippen molar-refractivity contribution in [2.75, 3.05) is 5.32 Å². The summed E-state index contributed by atoms with van der Waals surface area (Å²) in [5, 5.41) is 2.71. The van der Waals surface area contributed by atoms with Gasteiger partial charge in [-0.25, -0.2) is 4.98 Å². The van der Waals surface area contributed by atoms with E-state index in [-0.39, 0.29) is 16.7 Å². The molecule has 0 atom stereocenters. The molecule has 6 heteroatoms. The Morgan fingerprint density at radius 3 is 3.00 bits per heavy atom. The van der Waals surface area contributed by atoms with E-state index in [9.17, 15) is 4.79 Å². The molecule has 0 fully saturated rings. The minimum absolute atomic E-state index is 0.205. The minimum atomic E-state index is -0.392. The average molecular weight is 224 g/mol. The Morgan fingerprint density at radius 2 is 2.33 bits per heavy atom.